The van der Waals surface area contributed by atoms with E-state index in [1.807, 2.05) is 73.7 Å². The van der Waals surface area contributed by atoms with Gasteiger partial charge in [-0.15, -0.1) is 0 Å². The van der Waals surface area contributed by atoms with E-state index in [1.165, 1.54) is 13.2 Å². The van der Waals surface area contributed by atoms with Gasteiger partial charge in [-0.25, -0.2) is 0 Å². The third kappa shape index (κ3) is 5.90. The van der Waals surface area contributed by atoms with Crippen molar-refractivity contribution >= 4 is 46.6 Å². The smallest absolute Gasteiger partial charge is 0.262 e. The standard InChI is InChI=1S/C31H26N2O4S/c1-20-7-12-23(13-8-20)32-31(35)19-37-27-15-10-21(17-28(27)36-2)9-14-26(34)22-11-16-30-25(18-22)33-24-5-3-4-6-29(24)38-30/h3-18,33H,19H2,1-2H3,(H,32,35)/b14-9+. The van der Waals surface area contributed by atoms with Crippen LogP contribution in [-0.4, -0.2) is 25.4 Å². The van der Waals surface area contributed by atoms with Crippen molar-refractivity contribution in [1.82, 2.24) is 0 Å². The van der Waals surface area contributed by atoms with Crippen LogP contribution in [0.3, 0.4) is 0 Å². The first-order chi connectivity index (χ1) is 18.5. The predicted octanol–water partition coefficient (Wildman–Crippen LogP) is 7.13. The lowest BCUT2D eigenvalue weighted by Crippen LogP contribution is -2.20. The van der Waals surface area contributed by atoms with Crippen LogP contribution in [0.5, 0.6) is 11.5 Å². The van der Waals surface area contributed by atoms with Gasteiger partial charge in [0.25, 0.3) is 5.91 Å². The summed E-state index contributed by atoms with van der Waals surface area (Å²) in [5.74, 6) is 0.530. The van der Waals surface area contributed by atoms with Gasteiger partial charge in [-0.3, -0.25) is 9.59 Å². The molecular formula is C31H26N2O4S. The summed E-state index contributed by atoms with van der Waals surface area (Å²) >= 11 is 1.68. The van der Waals surface area contributed by atoms with Crippen molar-refractivity contribution in [2.24, 2.45) is 0 Å². The molecule has 0 atom stereocenters. The Morgan fingerprint density at radius 1 is 0.895 bits per heavy atom. The quantitative estimate of drug-likeness (QED) is 0.167. The van der Waals surface area contributed by atoms with Gasteiger partial charge in [0.15, 0.2) is 23.9 Å². The first kappa shape index (κ1) is 25.2. The van der Waals surface area contributed by atoms with Crippen LogP contribution < -0.4 is 20.1 Å². The number of nitrogens with one attached hydrogen (secondary N) is 2. The summed E-state index contributed by atoms with van der Waals surface area (Å²) in [5, 5.41) is 6.21. The van der Waals surface area contributed by atoms with Crippen LogP contribution in [0.25, 0.3) is 6.08 Å². The molecule has 38 heavy (non-hydrogen) atoms. The molecular weight excluding hydrogens is 496 g/mol. The molecule has 5 rings (SSSR count). The summed E-state index contributed by atoms with van der Waals surface area (Å²) in [6.45, 7) is 1.83. The van der Waals surface area contributed by atoms with Gasteiger partial charge in [0.05, 0.1) is 18.5 Å². The summed E-state index contributed by atoms with van der Waals surface area (Å²) in [7, 11) is 1.53. The Morgan fingerprint density at radius 3 is 2.50 bits per heavy atom. The Balaban J connectivity index is 1.21. The van der Waals surface area contributed by atoms with Crippen LogP contribution in [0.4, 0.5) is 17.1 Å². The number of hydrogen-bond acceptors (Lipinski definition) is 6. The third-order valence-corrected chi connectivity index (χ3v) is 7.10. The molecule has 0 fully saturated rings. The normalized spacial score (nSPS) is 11.7. The third-order valence-electron chi connectivity index (χ3n) is 5.95. The molecule has 0 unspecified atom stereocenters. The number of ketones is 1. The Morgan fingerprint density at radius 2 is 1.68 bits per heavy atom. The van der Waals surface area contributed by atoms with Crippen molar-refractivity contribution in [3.8, 4) is 11.5 Å². The number of para-hydroxylation sites is 1. The molecule has 0 spiro atoms. The maximum absolute atomic E-state index is 12.9. The molecule has 4 aromatic carbocycles. The summed E-state index contributed by atoms with van der Waals surface area (Å²) in [6.07, 6.45) is 3.27. The predicted molar refractivity (Wildman–Crippen MR) is 152 cm³/mol. The van der Waals surface area contributed by atoms with Gasteiger partial charge < -0.3 is 20.1 Å². The summed E-state index contributed by atoms with van der Waals surface area (Å²) in [6, 6.07) is 26.6. The number of methoxy groups -OCH3 is 1. The van der Waals surface area contributed by atoms with E-state index in [1.54, 1.807) is 30.0 Å². The number of benzene rings is 4. The largest absolute Gasteiger partial charge is 0.493 e. The van der Waals surface area contributed by atoms with Gasteiger partial charge >= 0.3 is 0 Å². The lowest BCUT2D eigenvalue weighted by Gasteiger charge is -2.20. The molecule has 1 aliphatic rings. The van der Waals surface area contributed by atoms with Crippen molar-refractivity contribution in [3.63, 3.8) is 0 Å². The highest BCUT2D eigenvalue weighted by atomic mass is 32.2. The van der Waals surface area contributed by atoms with Gasteiger partial charge in [-0.05, 0) is 73.2 Å². The SMILES string of the molecule is COc1cc(/C=C/C(=O)c2ccc3c(c2)Nc2ccccc2S3)ccc1OCC(=O)Nc1ccc(C)cc1. The van der Waals surface area contributed by atoms with Crippen molar-refractivity contribution in [2.45, 2.75) is 16.7 Å². The number of carbonyl (C=O) groups excluding carboxylic acids is 2. The lowest BCUT2D eigenvalue weighted by molar-refractivity contribution is -0.118. The summed E-state index contributed by atoms with van der Waals surface area (Å²) < 4.78 is 11.1. The highest BCUT2D eigenvalue weighted by molar-refractivity contribution is 7.99. The topological polar surface area (TPSA) is 76.7 Å². The fraction of sp³-hybridized carbons (Fsp3) is 0.0968. The first-order valence-electron chi connectivity index (χ1n) is 12.1. The fourth-order valence-corrected chi connectivity index (χ4v) is 4.91. The molecule has 0 aromatic heterocycles. The summed E-state index contributed by atoms with van der Waals surface area (Å²) in [5.41, 5.74) is 5.14. The number of aryl methyl sites for hydroxylation is 1. The minimum atomic E-state index is -0.271. The van der Waals surface area contributed by atoms with Crippen LogP contribution >= 0.6 is 11.8 Å². The van der Waals surface area contributed by atoms with E-state index in [-0.39, 0.29) is 18.3 Å². The molecule has 1 heterocycles. The Kier molecular flexibility index (Phi) is 7.47. The average Bonchev–Trinajstić information content (AvgIpc) is 2.94. The summed E-state index contributed by atoms with van der Waals surface area (Å²) in [4.78, 5) is 27.4. The Bertz CT molecular complexity index is 1530. The van der Waals surface area contributed by atoms with Crippen molar-refractivity contribution in [3.05, 3.63) is 108 Å². The molecule has 4 aromatic rings. The van der Waals surface area contributed by atoms with E-state index >= 15 is 0 Å². The van der Waals surface area contributed by atoms with Crippen molar-refractivity contribution < 1.29 is 19.1 Å². The van der Waals surface area contributed by atoms with Crippen LogP contribution in [-0.2, 0) is 4.79 Å². The molecule has 0 saturated heterocycles. The van der Waals surface area contributed by atoms with E-state index in [9.17, 15) is 9.59 Å². The van der Waals surface area contributed by atoms with Crippen LogP contribution in [0.2, 0.25) is 0 Å². The second-order valence-electron chi connectivity index (χ2n) is 8.74. The molecule has 1 amide bonds. The molecule has 7 heteroatoms. The number of carbonyl (C=O) groups is 2. The highest BCUT2D eigenvalue weighted by Gasteiger charge is 2.16. The van der Waals surface area contributed by atoms with E-state index in [0.29, 0.717) is 22.7 Å². The molecule has 2 N–H and O–H groups in total. The number of allylic oxidation sites excluding steroid dienone is 1. The van der Waals surface area contributed by atoms with Gasteiger partial charge in [0.2, 0.25) is 0 Å². The van der Waals surface area contributed by atoms with Crippen LogP contribution in [0.1, 0.15) is 21.5 Å². The number of hydrogen-bond donors (Lipinski definition) is 2. The Hall–Kier alpha value is -4.49. The van der Waals surface area contributed by atoms with Crippen LogP contribution in [0.15, 0.2) is 101 Å². The molecule has 0 aliphatic carbocycles. The van der Waals surface area contributed by atoms with Gasteiger partial charge in [0, 0.05) is 21.0 Å². The zero-order valence-electron chi connectivity index (χ0n) is 21.0. The van der Waals surface area contributed by atoms with Crippen molar-refractivity contribution in [1.29, 1.82) is 0 Å². The van der Waals surface area contributed by atoms with E-state index in [2.05, 4.69) is 16.7 Å². The maximum Gasteiger partial charge on any atom is 0.262 e. The lowest BCUT2D eigenvalue weighted by atomic mass is 10.1. The van der Waals surface area contributed by atoms with Gasteiger partial charge in [0.1, 0.15) is 0 Å². The van der Waals surface area contributed by atoms with E-state index in [4.69, 9.17) is 9.47 Å². The number of ether oxygens (including phenoxy) is 2. The van der Waals surface area contributed by atoms with Gasteiger partial charge in [-0.2, -0.15) is 0 Å². The average molecular weight is 523 g/mol. The molecule has 1 aliphatic heterocycles. The minimum absolute atomic E-state index is 0.106. The molecule has 0 radical (unpaired) electrons. The zero-order chi connectivity index (χ0) is 26.5. The van der Waals surface area contributed by atoms with Crippen LogP contribution in [0, 0.1) is 6.92 Å². The van der Waals surface area contributed by atoms with Gasteiger partial charge in [-0.1, -0.05) is 53.7 Å². The molecule has 190 valence electrons. The second kappa shape index (κ2) is 11.3. The molecule has 0 bridgehead atoms. The zero-order valence-corrected chi connectivity index (χ0v) is 21.8. The maximum atomic E-state index is 12.9. The minimum Gasteiger partial charge on any atom is -0.493 e. The van der Waals surface area contributed by atoms with Crippen molar-refractivity contribution in [2.75, 3.05) is 24.4 Å². The number of fused-ring (bicyclic) bond motifs is 2. The second-order valence-corrected chi connectivity index (χ2v) is 9.83. The Labute approximate surface area is 225 Å². The number of anilines is 3. The van der Waals surface area contributed by atoms with E-state index < -0.39 is 0 Å². The highest BCUT2D eigenvalue weighted by Crippen LogP contribution is 2.44. The van der Waals surface area contributed by atoms with E-state index in [0.717, 1.165) is 32.3 Å². The fourth-order valence-electron chi connectivity index (χ4n) is 3.94. The first-order valence-corrected chi connectivity index (χ1v) is 12.9. The molecule has 0 saturated carbocycles. The number of rotatable bonds is 8. The number of amides is 1. The molecule has 6 nitrogen and oxygen atoms in total. The monoisotopic (exact) mass is 522 g/mol.